The molecule has 0 fully saturated rings. The molecule has 0 amide bonds. The first kappa shape index (κ1) is 13.3. The van der Waals surface area contributed by atoms with Gasteiger partial charge in [0.15, 0.2) is 0 Å². The van der Waals surface area contributed by atoms with Crippen LogP contribution in [0.4, 0.5) is 13.2 Å². The number of primary sulfonamides is 1. The van der Waals surface area contributed by atoms with Crippen LogP contribution < -0.4 is 9.88 Å². The van der Waals surface area contributed by atoms with E-state index in [2.05, 4.69) is 4.74 Å². The van der Waals surface area contributed by atoms with E-state index in [1.54, 1.807) is 0 Å². The molecular formula is C8H5F3N2O3S. The highest BCUT2D eigenvalue weighted by Gasteiger charge is 2.33. The molecule has 17 heavy (non-hydrogen) atoms. The molecule has 0 aromatic heterocycles. The first-order valence-electron chi connectivity index (χ1n) is 3.97. The van der Waals surface area contributed by atoms with Crippen LogP contribution in [0.2, 0.25) is 0 Å². The van der Waals surface area contributed by atoms with Gasteiger partial charge >= 0.3 is 6.36 Å². The molecule has 0 radical (unpaired) electrons. The lowest BCUT2D eigenvalue weighted by atomic mass is 10.2. The Kier molecular flexibility index (Phi) is 3.30. The van der Waals surface area contributed by atoms with Crippen molar-refractivity contribution in [3.8, 4) is 11.8 Å². The lowest BCUT2D eigenvalue weighted by molar-refractivity contribution is -0.274. The zero-order chi connectivity index (χ0) is 13.3. The summed E-state index contributed by atoms with van der Waals surface area (Å²) in [5, 5.41) is 13.4. The smallest absolute Gasteiger partial charge is 0.404 e. The van der Waals surface area contributed by atoms with Crippen molar-refractivity contribution in [1.29, 1.82) is 5.26 Å². The third-order valence-electron chi connectivity index (χ3n) is 1.63. The minimum atomic E-state index is -5.03. The molecule has 0 spiro atoms. The summed E-state index contributed by atoms with van der Waals surface area (Å²) in [6, 6.07) is 4.03. The van der Waals surface area contributed by atoms with Crippen molar-refractivity contribution in [2.75, 3.05) is 0 Å². The molecule has 0 aliphatic heterocycles. The molecule has 0 unspecified atom stereocenters. The fourth-order valence-electron chi connectivity index (χ4n) is 1.07. The maximum absolute atomic E-state index is 12.0. The third kappa shape index (κ3) is 3.33. The number of alkyl halides is 3. The summed E-state index contributed by atoms with van der Waals surface area (Å²) in [5.74, 6) is -0.911. The van der Waals surface area contributed by atoms with Crippen LogP contribution in [0, 0.1) is 11.3 Å². The van der Waals surface area contributed by atoms with Crippen LogP contribution in [0.15, 0.2) is 23.1 Å². The van der Waals surface area contributed by atoms with E-state index in [1.165, 1.54) is 6.07 Å². The SMILES string of the molecule is N#Cc1c(OC(F)(F)F)cccc1S(N)(=O)=O. The maximum atomic E-state index is 12.0. The second kappa shape index (κ2) is 4.23. The van der Waals surface area contributed by atoms with E-state index < -0.39 is 32.6 Å². The van der Waals surface area contributed by atoms with E-state index in [-0.39, 0.29) is 0 Å². The van der Waals surface area contributed by atoms with Gasteiger partial charge in [0.05, 0.1) is 0 Å². The van der Waals surface area contributed by atoms with Crippen molar-refractivity contribution < 1.29 is 26.3 Å². The molecule has 1 rings (SSSR count). The lowest BCUT2D eigenvalue weighted by Crippen LogP contribution is -2.19. The Bertz CT molecular complexity index is 575. The fraction of sp³-hybridized carbons (Fsp3) is 0.125. The van der Waals surface area contributed by atoms with Crippen LogP contribution in [0.3, 0.4) is 0 Å². The molecule has 0 aliphatic carbocycles. The van der Waals surface area contributed by atoms with Crippen molar-refractivity contribution in [2.24, 2.45) is 5.14 Å². The van der Waals surface area contributed by atoms with Crippen LogP contribution in [0.5, 0.6) is 5.75 Å². The van der Waals surface area contributed by atoms with Gasteiger partial charge in [0.1, 0.15) is 22.3 Å². The molecule has 1 aromatic carbocycles. The number of nitrogens with two attached hydrogens (primary N) is 1. The first-order chi connectivity index (χ1) is 7.65. The second-order valence-electron chi connectivity index (χ2n) is 2.83. The van der Waals surface area contributed by atoms with E-state index in [1.807, 2.05) is 0 Å². The molecule has 92 valence electrons. The number of nitrogens with zero attached hydrogens (tertiary/aromatic N) is 1. The largest absolute Gasteiger partial charge is 0.573 e. The lowest BCUT2D eigenvalue weighted by Gasteiger charge is -2.11. The highest BCUT2D eigenvalue weighted by atomic mass is 32.2. The van der Waals surface area contributed by atoms with Gasteiger partial charge in [-0.25, -0.2) is 13.6 Å². The fourth-order valence-corrected chi connectivity index (χ4v) is 1.77. The zero-order valence-electron chi connectivity index (χ0n) is 8.02. The van der Waals surface area contributed by atoms with Gasteiger partial charge < -0.3 is 4.74 Å². The Balaban J connectivity index is 3.41. The summed E-state index contributed by atoms with van der Waals surface area (Å²) in [5.41, 5.74) is -0.785. The van der Waals surface area contributed by atoms with Crippen molar-refractivity contribution in [2.45, 2.75) is 11.3 Å². The van der Waals surface area contributed by atoms with Crippen molar-refractivity contribution in [1.82, 2.24) is 0 Å². The van der Waals surface area contributed by atoms with Crippen molar-refractivity contribution >= 4 is 10.0 Å². The van der Waals surface area contributed by atoms with Gasteiger partial charge in [-0.15, -0.1) is 13.2 Å². The molecule has 5 nitrogen and oxygen atoms in total. The molecule has 0 aliphatic rings. The van der Waals surface area contributed by atoms with Gasteiger partial charge in [0, 0.05) is 0 Å². The monoisotopic (exact) mass is 266 g/mol. The molecule has 0 saturated carbocycles. The van der Waals surface area contributed by atoms with E-state index in [4.69, 9.17) is 10.4 Å². The number of benzene rings is 1. The van der Waals surface area contributed by atoms with Crippen LogP contribution >= 0.6 is 0 Å². The molecule has 0 bridgehead atoms. The van der Waals surface area contributed by atoms with Crippen LogP contribution in [0.1, 0.15) is 5.56 Å². The summed E-state index contributed by atoms with van der Waals surface area (Å²) in [4.78, 5) is -0.721. The third-order valence-corrected chi connectivity index (χ3v) is 2.59. The Morgan fingerprint density at radius 1 is 1.35 bits per heavy atom. The number of ether oxygens (including phenoxy) is 1. The summed E-state index contributed by atoms with van der Waals surface area (Å²) in [7, 11) is -4.29. The number of sulfonamides is 1. The standard InChI is InChI=1S/C8H5F3N2O3S/c9-8(10,11)16-6-2-1-3-7(5(6)4-12)17(13,14)15/h1-3H,(H2,13,14,15). The average molecular weight is 266 g/mol. The van der Waals surface area contributed by atoms with Gasteiger partial charge in [-0.3, -0.25) is 0 Å². The molecular weight excluding hydrogens is 261 g/mol. The average Bonchev–Trinajstić information content (AvgIpc) is 2.13. The van der Waals surface area contributed by atoms with Crippen LogP contribution in [0.25, 0.3) is 0 Å². The van der Waals surface area contributed by atoms with Gasteiger partial charge in [0.2, 0.25) is 10.0 Å². The molecule has 0 heterocycles. The van der Waals surface area contributed by atoms with E-state index in [0.29, 0.717) is 0 Å². The second-order valence-corrected chi connectivity index (χ2v) is 4.36. The van der Waals surface area contributed by atoms with Crippen molar-refractivity contribution in [3.63, 3.8) is 0 Å². The predicted octanol–water partition coefficient (Wildman–Crippen LogP) is 1.10. The maximum Gasteiger partial charge on any atom is 0.573 e. The van der Waals surface area contributed by atoms with E-state index >= 15 is 0 Å². The van der Waals surface area contributed by atoms with Gasteiger partial charge in [-0.05, 0) is 12.1 Å². The highest BCUT2D eigenvalue weighted by Crippen LogP contribution is 2.29. The number of hydrogen-bond donors (Lipinski definition) is 1. The van der Waals surface area contributed by atoms with E-state index in [9.17, 15) is 21.6 Å². The normalized spacial score (nSPS) is 11.9. The highest BCUT2D eigenvalue weighted by molar-refractivity contribution is 7.89. The first-order valence-corrected chi connectivity index (χ1v) is 5.51. The summed E-state index contributed by atoms with van der Waals surface area (Å²) < 4.78 is 61.5. The predicted molar refractivity (Wildman–Crippen MR) is 49.2 cm³/mol. The van der Waals surface area contributed by atoms with Gasteiger partial charge in [0.25, 0.3) is 0 Å². The minimum Gasteiger partial charge on any atom is -0.404 e. The molecule has 0 saturated heterocycles. The van der Waals surface area contributed by atoms with Gasteiger partial charge in [-0.1, -0.05) is 6.07 Å². The number of rotatable bonds is 2. The zero-order valence-corrected chi connectivity index (χ0v) is 8.84. The number of halogens is 3. The van der Waals surface area contributed by atoms with E-state index in [0.717, 1.165) is 18.2 Å². The summed E-state index contributed by atoms with van der Waals surface area (Å²) in [6.07, 6.45) is -5.03. The quantitative estimate of drug-likeness (QED) is 0.867. The minimum absolute atomic E-state index is 0.721. The Hall–Kier alpha value is -1.79. The molecule has 0 atom stereocenters. The molecule has 1 aromatic rings. The molecule has 2 N–H and O–H groups in total. The van der Waals surface area contributed by atoms with Gasteiger partial charge in [-0.2, -0.15) is 5.26 Å². The summed E-state index contributed by atoms with van der Waals surface area (Å²) >= 11 is 0. The van der Waals surface area contributed by atoms with Crippen LogP contribution in [-0.4, -0.2) is 14.8 Å². The Labute approximate surface area is 94.3 Å². The summed E-state index contributed by atoms with van der Waals surface area (Å²) in [6.45, 7) is 0. The van der Waals surface area contributed by atoms with Crippen LogP contribution in [-0.2, 0) is 10.0 Å². The number of nitriles is 1. The van der Waals surface area contributed by atoms with Crippen molar-refractivity contribution in [3.05, 3.63) is 23.8 Å². The topological polar surface area (TPSA) is 93.2 Å². The number of hydrogen-bond acceptors (Lipinski definition) is 4. The Morgan fingerprint density at radius 2 is 1.94 bits per heavy atom. The molecule has 9 heteroatoms. The Morgan fingerprint density at radius 3 is 2.35 bits per heavy atom.